The molecule has 0 fully saturated rings. The molecule has 0 bridgehead atoms. The molecule has 94 valence electrons. The summed E-state index contributed by atoms with van der Waals surface area (Å²) >= 11 is 17.9. The molecule has 1 heterocycles. The highest BCUT2D eigenvalue weighted by Gasteiger charge is 2.09. The SMILES string of the molecule is Nc1ccc(Cl)c(COc2c(Cl)cccc2Cl)n1. The lowest BCUT2D eigenvalue weighted by Crippen LogP contribution is -2.02. The third-order valence-corrected chi connectivity index (χ3v) is 3.15. The molecule has 0 radical (unpaired) electrons. The van der Waals surface area contributed by atoms with Gasteiger partial charge in [0.25, 0.3) is 0 Å². The first-order valence-electron chi connectivity index (χ1n) is 5.05. The monoisotopic (exact) mass is 302 g/mol. The van der Waals surface area contributed by atoms with Crippen LogP contribution in [0.1, 0.15) is 5.69 Å². The van der Waals surface area contributed by atoms with Crippen molar-refractivity contribution in [2.75, 3.05) is 5.73 Å². The van der Waals surface area contributed by atoms with Crippen molar-refractivity contribution in [3.63, 3.8) is 0 Å². The van der Waals surface area contributed by atoms with E-state index in [1.807, 2.05) is 0 Å². The molecule has 18 heavy (non-hydrogen) atoms. The predicted molar refractivity (Wildman–Crippen MR) is 74.5 cm³/mol. The number of anilines is 1. The number of hydrogen-bond acceptors (Lipinski definition) is 3. The van der Waals surface area contributed by atoms with Crippen LogP contribution >= 0.6 is 34.8 Å². The molecule has 0 aliphatic rings. The minimum Gasteiger partial charge on any atom is -0.484 e. The van der Waals surface area contributed by atoms with Gasteiger partial charge in [0.05, 0.1) is 20.8 Å². The molecule has 2 rings (SSSR count). The van der Waals surface area contributed by atoms with Gasteiger partial charge < -0.3 is 10.5 Å². The highest BCUT2D eigenvalue weighted by Crippen LogP contribution is 2.33. The van der Waals surface area contributed by atoms with Gasteiger partial charge in [0, 0.05) is 0 Å². The van der Waals surface area contributed by atoms with Gasteiger partial charge in [-0.1, -0.05) is 40.9 Å². The van der Waals surface area contributed by atoms with Crippen LogP contribution in [-0.2, 0) is 6.61 Å². The Kier molecular flexibility index (Phi) is 4.17. The van der Waals surface area contributed by atoms with E-state index < -0.39 is 0 Å². The normalized spacial score (nSPS) is 10.4. The van der Waals surface area contributed by atoms with Gasteiger partial charge in [0.2, 0.25) is 0 Å². The quantitative estimate of drug-likeness (QED) is 0.924. The second-order valence-corrected chi connectivity index (χ2v) is 4.73. The number of halogens is 3. The predicted octanol–water partition coefficient (Wildman–Crippen LogP) is 4.20. The van der Waals surface area contributed by atoms with Gasteiger partial charge >= 0.3 is 0 Å². The van der Waals surface area contributed by atoms with Crippen molar-refractivity contribution in [1.82, 2.24) is 4.98 Å². The summed E-state index contributed by atoms with van der Waals surface area (Å²) in [6, 6.07) is 8.41. The van der Waals surface area contributed by atoms with Crippen LogP contribution in [0.2, 0.25) is 15.1 Å². The second-order valence-electron chi connectivity index (χ2n) is 3.50. The van der Waals surface area contributed by atoms with E-state index in [9.17, 15) is 0 Å². The van der Waals surface area contributed by atoms with Crippen LogP contribution in [0.25, 0.3) is 0 Å². The second kappa shape index (κ2) is 5.65. The summed E-state index contributed by atoms with van der Waals surface area (Å²) in [5.41, 5.74) is 6.11. The Bertz CT molecular complexity index is 555. The Morgan fingerprint density at radius 3 is 2.33 bits per heavy atom. The Morgan fingerprint density at radius 1 is 1.00 bits per heavy atom. The van der Waals surface area contributed by atoms with Gasteiger partial charge in [-0.3, -0.25) is 0 Å². The lowest BCUT2D eigenvalue weighted by Gasteiger charge is -2.10. The van der Waals surface area contributed by atoms with Gasteiger partial charge in [0.1, 0.15) is 12.4 Å². The molecule has 2 N–H and O–H groups in total. The Labute approximate surface area is 119 Å². The Morgan fingerprint density at radius 2 is 1.67 bits per heavy atom. The third kappa shape index (κ3) is 2.99. The molecule has 0 aliphatic carbocycles. The molecular weight excluding hydrogens is 295 g/mol. The molecule has 0 amide bonds. The first-order chi connectivity index (χ1) is 8.58. The molecule has 0 atom stereocenters. The maximum atomic E-state index is 5.98. The number of aromatic nitrogens is 1. The van der Waals surface area contributed by atoms with Gasteiger partial charge in [-0.15, -0.1) is 0 Å². The fourth-order valence-electron chi connectivity index (χ4n) is 1.36. The summed E-state index contributed by atoms with van der Waals surface area (Å²) in [4.78, 5) is 4.08. The molecule has 0 aliphatic heterocycles. The van der Waals surface area contributed by atoms with Crippen molar-refractivity contribution in [1.29, 1.82) is 0 Å². The lowest BCUT2D eigenvalue weighted by atomic mass is 10.3. The molecule has 0 saturated heterocycles. The number of nitrogens with zero attached hydrogens (tertiary/aromatic N) is 1. The van der Waals surface area contributed by atoms with Crippen molar-refractivity contribution in [3.05, 3.63) is 51.1 Å². The molecule has 1 aromatic carbocycles. The van der Waals surface area contributed by atoms with Crippen LogP contribution in [0.3, 0.4) is 0 Å². The number of ether oxygens (including phenoxy) is 1. The number of nitrogens with two attached hydrogens (primary N) is 1. The van der Waals surface area contributed by atoms with E-state index in [4.69, 9.17) is 45.3 Å². The molecule has 1 aromatic heterocycles. The highest BCUT2D eigenvalue weighted by atomic mass is 35.5. The average Bonchev–Trinajstić information content (AvgIpc) is 2.33. The Balaban J connectivity index is 2.19. The van der Waals surface area contributed by atoms with E-state index in [0.717, 1.165) is 0 Å². The number of rotatable bonds is 3. The summed E-state index contributed by atoms with van der Waals surface area (Å²) in [5, 5.41) is 1.34. The first-order valence-corrected chi connectivity index (χ1v) is 6.19. The zero-order valence-corrected chi connectivity index (χ0v) is 11.4. The topological polar surface area (TPSA) is 48.1 Å². The fraction of sp³-hybridized carbons (Fsp3) is 0.0833. The smallest absolute Gasteiger partial charge is 0.157 e. The fourth-order valence-corrected chi connectivity index (χ4v) is 2.03. The van der Waals surface area contributed by atoms with Crippen molar-refractivity contribution < 1.29 is 4.74 Å². The number of benzene rings is 1. The number of pyridine rings is 1. The van der Waals surface area contributed by atoms with E-state index in [1.165, 1.54) is 0 Å². The van der Waals surface area contributed by atoms with Crippen LogP contribution in [0.5, 0.6) is 5.75 Å². The number of hydrogen-bond donors (Lipinski definition) is 1. The molecule has 0 unspecified atom stereocenters. The van der Waals surface area contributed by atoms with Gasteiger partial charge in [-0.05, 0) is 24.3 Å². The number of nitrogen functional groups attached to an aromatic ring is 1. The summed E-state index contributed by atoms with van der Waals surface area (Å²) in [6.45, 7) is 0.146. The summed E-state index contributed by atoms with van der Waals surface area (Å²) in [5.74, 6) is 0.782. The minimum absolute atomic E-state index is 0.146. The van der Waals surface area contributed by atoms with E-state index in [2.05, 4.69) is 4.98 Å². The molecule has 0 spiro atoms. The van der Waals surface area contributed by atoms with Gasteiger partial charge in [0.15, 0.2) is 5.75 Å². The molecular formula is C12H9Cl3N2O. The van der Waals surface area contributed by atoms with Gasteiger partial charge in [-0.25, -0.2) is 4.98 Å². The zero-order valence-electron chi connectivity index (χ0n) is 9.16. The summed E-state index contributed by atoms with van der Waals surface area (Å²) in [7, 11) is 0. The Hall–Kier alpha value is -1.16. The van der Waals surface area contributed by atoms with E-state index in [-0.39, 0.29) is 6.61 Å². The third-order valence-electron chi connectivity index (χ3n) is 2.21. The largest absolute Gasteiger partial charge is 0.484 e. The minimum atomic E-state index is 0.146. The van der Waals surface area contributed by atoms with E-state index in [1.54, 1.807) is 30.3 Å². The molecule has 6 heteroatoms. The first kappa shape index (κ1) is 13.3. The van der Waals surface area contributed by atoms with E-state index >= 15 is 0 Å². The maximum absolute atomic E-state index is 5.98. The van der Waals surface area contributed by atoms with Crippen molar-refractivity contribution in [2.45, 2.75) is 6.61 Å². The van der Waals surface area contributed by atoms with Crippen molar-refractivity contribution in [3.8, 4) is 5.75 Å². The maximum Gasteiger partial charge on any atom is 0.157 e. The van der Waals surface area contributed by atoms with Crippen LogP contribution in [0, 0.1) is 0 Å². The molecule has 3 nitrogen and oxygen atoms in total. The number of para-hydroxylation sites is 1. The average molecular weight is 304 g/mol. The van der Waals surface area contributed by atoms with Crippen LogP contribution < -0.4 is 10.5 Å². The molecule has 0 saturated carbocycles. The van der Waals surface area contributed by atoms with E-state index in [0.29, 0.717) is 32.3 Å². The molecule has 2 aromatic rings. The van der Waals surface area contributed by atoms with Crippen LogP contribution in [-0.4, -0.2) is 4.98 Å². The summed E-state index contributed by atoms with van der Waals surface area (Å²) < 4.78 is 5.52. The van der Waals surface area contributed by atoms with Crippen molar-refractivity contribution in [2.24, 2.45) is 0 Å². The zero-order chi connectivity index (χ0) is 13.1. The van der Waals surface area contributed by atoms with Crippen LogP contribution in [0.4, 0.5) is 5.82 Å². The highest BCUT2D eigenvalue weighted by molar-refractivity contribution is 6.37. The summed E-state index contributed by atoms with van der Waals surface area (Å²) in [6.07, 6.45) is 0. The van der Waals surface area contributed by atoms with Crippen molar-refractivity contribution >= 4 is 40.6 Å². The van der Waals surface area contributed by atoms with Gasteiger partial charge in [-0.2, -0.15) is 0 Å². The standard InChI is InChI=1S/C12H9Cl3N2O/c13-7-4-5-11(16)17-10(7)6-18-12-8(14)2-1-3-9(12)15/h1-5H,6H2,(H2,16,17). The lowest BCUT2D eigenvalue weighted by molar-refractivity contribution is 0.302. The van der Waals surface area contributed by atoms with Crippen LogP contribution in [0.15, 0.2) is 30.3 Å².